The zero-order chi connectivity index (χ0) is 10.8. The Balaban J connectivity index is 1.88. The zero-order valence-corrected chi connectivity index (χ0v) is 10.9. The van der Waals surface area contributed by atoms with Gasteiger partial charge in [-0.3, -0.25) is 0 Å². The molecule has 0 amide bonds. The smallest absolute Gasteiger partial charge is 0.0931 e. The minimum Gasteiger partial charge on any atom is -0.314 e. The third-order valence-corrected chi connectivity index (χ3v) is 4.76. The molecule has 3 unspecified atom stereocenters. The van der Waals surface area contributed by atoms with Crippen LogP contribution < -0.4 is 5.32 Å². The van der Waals surface area contributed by atoms with E-state index < -0.39 is 0 Å². The highest BCUT2D eigenvalue weighted by Gasteiger charge is 2.38. The average molecular weight is 244 g/mol. The molecule has 1 N–H and O–H groups in total. The molecule has 1 aliphatic rings. The number of thiophene rings is 1. The normalized spacial score (nSPS) is 30.2. The summed E-state index contributed by atoms with van der Waals surface area (Å²) in [5.74, 6) is 1.49. The zero-order valence-electron chi connectivity index (χ0n) is 9.29. The van der Waals surface area contributed by atoms with Crippen LogP contribution in [0.5, 0.6) is 0 Å². The van der Waals surface area contributed by atoms with Crippen LogP contribution in [0.3, 0.4) is 0 Å². The lowest BCUT2D eigenvalue weighted by Gasteiger charge is -2.43. The van der Waals surface area contributed by atoms with Gasteiger partial charge in [0.25, 0.3) is 0 Å². The number of halogens is 1. The van der Waals surface area contributed by atoms with Crippen molar-refractivity contribution >= 4 is 22.9 Å². The van der Waals surface area contributed by atoms with E-state index in [-0.39, 0.29) is 0 Å². The molecule has 1 aromatic heterocycles. The van der Waals surface area contributed by atoms with Crippen molar-refractivity contribution < 1.29 is 0 Å². The van der Waals surface area contributed by atoms with Crippen molar-refractivity contribution in [3.63, 3.8) is 0 Å². The van der Waals surface area contributed by atoms with Gasteiger partial charge in [0.2, 0.25) is 0 Å². The van der Waals surface area contributed by atoms with E-state index in [4.69, 9.17) is 11.6 Å². The van der Waals surface area contributed by atoms with Crippen LogP contribution in [0.2, 0.25) is 4.34 Å². The quantitative estimate of drug-likeness (QED) is 0.846. The van der Waals surface area contributed by atoms with Gasteiger partial charge < -0.3 is 5.32 Å². The maximum absolute atomic E-state index is 5.96. The van der Waals surface area contributed by atoms with Crippen LogP contribution in [-0.2, 0) is 0 Å². The van der Waals surface area contributed by atoms with Gasteiger partial charge >= 0.3 is 0 Å². The maximum Gasteiger partial charge on any atom is 0.0931 e. The van der Waals surface area contributed by atoms with Crippen LogP contribution in [0, 0.1) is 5.92 Å². The molecule has 0 radical (unpaired) electrons. The predicted octanol–water partition coefficient (Wildman–Crippen LogP) is 3.89. The Hall–Kier alpha value is -0.0500. The molecule has 15 heavy (non-hydrogen) atoms. The van der Waals surface area contributed by atoms with Crippen LogP contribution in [0.4, 0.5) is 0 Å². The second-order valence-electron chi connectivity index (χ2n) is 4.40. The third kappa shape index (κ3) is 2.38. The van der Waals surface area contributed by atoms with Crippen molar-refractivity contribution in [2.45, 2.75) is 38.6 Å². The van der Waals surface area contributed by atoms with Crippen molar-refractivity contribution in [3.05, 3.63) is 21.3 Å². The minimum absolute atomic E-state index is 0.718. The second-order valence-corrected chi connectivity index (χ2v) is 6.15. The van der Waals surface area contributed by atoms with E-state index in [1.54, 1.807) is 11.3 Å². The molecule has 1 fully saturated rings. The molecule has 0 saturated heterocycles. The van der Waals surface area contributed by atoms with Crippen LogP contribution in [0.25, 0.3) is 0 Å². The van der Waals surface area contributed by atoms with Crippen molar-refractivity contribution in [3.8, 4) is 0 Å². The standard InChI is InChI=1S/C12H18ClNS/c1-3-6-14-10-7-9(8(10)2)11-4-5-12(13)15-11/h4-5,8-10,14H,3,6-7H2,1-2H3. The Bertz CT molecular complexity index is 323. The summed E-state index contributed by atoms with van der Waals surface area (Å²) in [6.07, 6.45) is 2.50. The van der Waals surface area contributed by atoms with Gasteiger partial charge in [0, 0.05) is 10.9 Å². The Kier molecular flexibility index (Phi) is 3.70. The highest BCUT2D eigenvalue weighted by Crippen LogP contribution is 2.45. The molecule has 0 bridgehead atoms. The molecule has 1 saturated carbocycles. The van der Waals surface area contributed by atoms with Gasteiger partial charge in [-0.25, -0.2) is 0 Å². The molecule has 1 nitrogen and oxygen atoms in total. The highest BCUT2D eigenvalue weighted by atomic mass is 35.5. The molecule has 84 valence electrons. The fraction of sp³-hybridized carbons (Fsp3) is 0.667. The SMILES string of the molecule is CCCNC1CC(c2ccc(Cl)s2)C1C. The number of hydrogen-bond acceptors (Lipinski definition) is 2. The van der Waals surface area contributed by atoms with Crippen LogP contribution in [0.1, 0.15) is 37.5 Å². The van der Waals surface area contributed by atoms with Gasteiger partial charge in [-0.15, -0.1) is 11.3 Å². The summed E-state index contributed by atoms with van der Waals surface area (Å²) < 4.78 is 0.919. The largest absolute Gasteiger partial charge is 0.314 e. The van der Waals surface area contributed by atoms with Crippen LogP contribution in [-0.4, -0.2) is 12.6 Å². The summed E-state index contributed by atoms with van der Waals surface area (Å²) in [4.78, 5) is 1.46. The molecule has 0 aliphatic heterocycles. The van der Waals surface area contributed by atoms with Crippen molar-refractivity contribution in [2.24, 2.45) is 5.92 Å². The van der Waals surface area contributed by atoms with Crippen molar-refractivity contribution in [2.75, 3.05) is 6.54 Å². The monoisotopic (exact) mass is 243 g/mol. The van der Waals surface area contributed by atoms with E-state index in [9.17, 15) is 0 Å². The maximum atomic E-state index is 5.96. The van der Waals surface area contributed by atoms with Gasteiger partial charge in [0.15, 0.2) is 0 Å². The molecule has 3 atom stereocenters. The van der Waals surface area contributed by atoms with E-state index in [1.165, 1.54) is 17.7 Å². The number of nitrogens with one attached hydrogen (secondary N) is 1. The molecule has 1 aromatic rings. The van der Waals surface area contributed by atoms with E-state index in [0.29, 0.717) is 0 Å². The molecule has 3 heteroatoms. The molecular formula is C12H18ClNS. The van der Waals surface area contributed by atoms with Crippen LogP contribution in [0.15, 0.2) is 12.1 Å². The van der Waals surface area contributed by atoms with Gasteiger partial charge in [0.1, 0.15) is 0 Å². The lowest BCUT2D eigenvalue weighted by Crippen LogP contribution is -2.47. The average Bonchev–Trinajstić information content (AvgIpc) is 2.62. The first kappa shape index (κ1) is 11.4. The van der Waals surface area contributed by atoms with Gasteiger partial charge in [0.05, 0.1) is 4.34 Å². The van der Waals surface area contributed by atoms with Gasteiger partial charge in [-0.05, 0) is 43.4 Å². The predicted molar refractivity (Wildman–Crippen MR) is 67.9 cm³/mol. The summed E-state index contributed by atoms with van der Waals surface area (Å²) in [7, 11) is 0. The first-order valence-corrected chi connectivity index (χ1v) is 6.90. The lowest BCUT2D eigenvalue weighted by atomic mass is 9.69. The first-order valence-electron chi connectivity index (χ1n) is 5.71. The molecule has 1 aliphatic carbocycles. The molecule has 0 spiro atoms. The Morgan fingerprint density at radius 3 is 2.87 bits per heavy atom. The molecule has 0 aromatic carbocycles. The number of hydrogen-bond donors (Lipinski definition) is 1. The van der Waals surface area contributed by atoms with Crippen LogP contribution >= 0.6 is 22.9 Å². The van der Waals surface area contributed by atoms with Crippen molar-refractivity contribution in [1.29, 1.82) is 0 Å². The van der Waals surface area contributed by atoms with E-state index >= 15 is 0 Å². The first-order chi connectivity index (χ1) is 7.22. The molecule has 2 rings (SSSR count). The summed E-state index contributed by atoms with van der Waals surface area (Å²) in [5.41, 5.74) is 0. The third-order valence-electron chi connectivity index (χ3n) is 3.39. The summed E-state index contributed by atoms with van der Waals surface area (Å²) >= 11 is 7.70. The fourth-order valence-corrected chi connectivity index (χ4v) is 3.58. The molecule has 1 heterocycles. The summed E-state index contributed by atoms with van der Waals surface area (Å²) in [6.45, 7) is 5.70. The Labute approximate surface area is 101 Å². The molecular weight excluding hydrogens is 226 g/mol. The highest BCUT2D eigenvalue weighted by molar-refractivity contribution is 7.16. The lowest BCUT2D eigenvalue weighted by molar-refractivity contribution is 0.187. The van der Waals surface area contributed by atoms with Gasteiger partial charge in [-0.2, -0.15) is 0 Å². The minimum atomic E-state index is 0.718. The summed E-state index contributed by atoms with van der Waals surface area (Å²) in [6, 6.07) is 4.92. The number of rotatable bonds is 4. The van der Waals surface area contributed by atoms with E-state index in [1.807, 2.05) is 6.07 Å². The van der Waals surface area contributed by atoms with Crippen molar-refractivity contribution in [1.82, 2.24) is 5.32 Å². The Morgan fingerprint density at radius 1 is 1.53 bits per heavy atom. The van der Waals surface area contributed by atoms with E-state index in [0.717, 1.165) is 28.8 Å². The topological polar surface area (TPSA) is 12.0 Å². The Morgan fingerprint density at radius 2 is 2.33 bits per heavy atom. The van der Waals surface area contributed by atoms with Gasteiger partial charge in [-0.1, -0.05) is 25.4 Å². The van der Waals surface area contributed by atoms with E-state index in [2.05, 4.69) is 25.2 Å². The fourth-order valence-electron chi connectivity index (χ4n) is 2.29. The summed E-state index contributed by atoms with van der Waals surface area (Å²) in [5, 5.41) is 3.60. The second kappa shape index (κ2) is 4.86.